The van der Waals surface area contributed by atoms with Crippen LogP contribution in [0.5, 0.6) is 11.5 Å². The molecule has 0 aromatic heterocycles. The maximum atomic E-state index is 13.5. The van der Waals surface area contributed by atoms with Gasteiger partial charge in [0.1, 0.15) is 30.0 Å². The van der Waals surface area contributed by atoms with E-state index in [1.165, 1.54) is 0 Å². The molecular weight excluding hydrogens is 520 g/mol. The number of morpholine rings is 1. The summed E-state index contributed by atoms with van der Waals surface area (Å²) >= 11 is 0. The van der Waals surface area contributed by atoms with Gasteiger partial charge in [-0.15, -0.1) is 0 Å². The minimum Gasteiger partial charge on any atom is -0.507 e. The standard InChI is InChI=1S/C33H34N2O6/c1-22-18-26-19-25(10-11-28(26)41-22)31(36)29-30(35(33(38)32(29)37)13-12-34-14-16-39-17-15-34)24-8-5-9-27(20-24)40-21-23-6-3-2-4-7-23/h2-11,19-20,22,30,36H,12-18,21H2,1H3/b31-29+/t22-,30-/m0/s1. The lowest BCUT2D eigenvalue weighted by molar-refractivity contribution is -0.140. The van der Waals surface area contributed by atoms with E-state index in [9.17, 15) is 14.7 Å². The third kappa shape index (κ3) is 5.71. The van der Waals surface area contributed by atoms with Crippen molar-refractivity contribution in [3.05, 3.63) is 101 Å². The fourth-order valence-electron chi connectivity index (χ4n) is 5.77. The number of hydrogen-bond acceptors (Lipinski definition) is 7. The van der Waals surface area contributed by atoms with Crippen molar-refractivity contribution in [2.75, 3.05) is 39.4 Å². The van der Waals surface area contributed by atoms with Gasteiger partial charge < -0.3 is 24.2 Å². The second-order valence-corrected chi connectivity index (χ2v) is 10.7. The van der Waals surface area contributed by atoms with Crippen LogP contribution in [0.2, 0.25) is 0 Å². The number of carbonyl (C=O) groups excluding carboxylic acids is 2. The average molecular weight is 555 g/mol. The predicted octanol–water partition coefficient (Wildman–Crippen LogP) is 4.34. The number of nitrogens with zero attached hydrogens (tertiary/aromatic N) is 2. The Hall–Kier alpha value is -4.14. The molecule has 212 valence electrons. The molecule has 6 rings (SSSR count). The van der Waals surface area contributed by atoms with E-state index in [0.717, 1.165) is 30.0 Å². The minimum atomic E-state index is -0.750. The number of benzene rings is 3. The van der Waals surface area contributed by atoms with Crippen LogP contribution in [-0.4, -0.2) is 72.1 Å². The van der Waals surface area contributed by atoms with Crippen molar-refractivity contribution in [2.24, 2.45) is 0 Å². The largest absolute Gasteiger partial charge is 0.507 e. The Balaban J connectivity index is 1.35. The lowest BCUT2D eigenvalue weighted by atomic mass is 9.94. The molecule has 0 saturated carbocycles. The summed E-state index contributed by atoms with van der Waals surface area (Å²) in [6.45, 7) is 6.15. The number of aliphatic hydroxyl groups excluding tert-OH is 1. The van der Waals surface area contributed by atoms with Crippen LogP contribution in [0.4, 0.5) is 0 Å². The number of Topliss-reactive ketones (excluding diaryl/α,β-unsaturated/α-hetero) is 1. The molecule has 3 aromatic carbocycles. The number of hydrogen-bond donors (Lipinski definition) is 1. The fourth-order valence-corrected chi connectivity index (χ4v) is 5.77. The van der Waals surface area contributed by atoms with Gasteiger partial charge in [0.2, 0.25) is 0 Å². The zero-order valence-electron chi connectivity index (χ0n) is 23.1. The van der Waals surface area contributed by atoms with Gasteiger partial charge in [0, 0.05) is 38.2 Å². The van der Waals surface area contributed by atoms with E-state index < -0.39 is 17.7 Å². The van der Waals surface area contributed by atoms with Gasteiger partial charge in [-0.25, -0.2) is 0 Å². The summed E-state index contributed by atoms with van der Waals surface area (Å²) in [6.07, 6.45) is 0.765. The average Bonchev–Trinajstić information content (AvgIpc) is 3.50. The lowest BCUT2D eigenvalue weighted by Gasteiger charge is -2.31. The summed E-state index contributed by atoms with van der Waals surface area (Å²) in [5, 5.41) is 11.6. The van der Waals surface area contributed by atoms with Gasteiger partial charge in [-0.3, -0.25) is 14.5 Å². The Labute approximate surface area is 239 Å². The second-order valence-electron chi connectivity index (χ2n) is 10.7. The first-order valence-corrected chi connectivity index (χ1v) is 14.1. The second kappa shape index (κ2) is 11.8. The van der Waals surface area contributed by atoms with Crippen LogP contribution in [0.15, 0.2) is 78.4 Å². The molecule has 2 atom stereocenters. The number of rotatable bonds is 8. The molecular formula is C33H34N2O6. The van der Waals surface area contributed by atoms with E-state index in [-0.39, 0.29) is 17.4 Å². The van der Waals surface area contributed by atoms with E-state index in [1.54, 1.807) is 11.0 Å². The van der Waals surface area contributed by atoms with E-state index in [2.05, 4.69) is 4.90 Å². The molecule has 0 aliphatic carbocycles. The highest BCUT2D eigenvalue weighted by atomic mass is 16.5. The van der Waals surface area contributed by atoms with Crippen molar-refractivity contribution < 1.29 is 28.9 Å². The van der Waals surface area contributed by atoms with Crippen molar-refractivity contribution in [1.29, 1.82) is 0 Å². The van der Waals surface area contributed by atoms with Crippen LogP contribution in [-0.2, 0) is 27.4 Å². The van der Waals surface area contributed by atoms with Gasteiger partial charge in [0.15, 0.2) is 0 Å². The Morgan fingerprint density at radius 3 is 2.59 bits per heavy atom. The molecule has 1 N–H and O–H groups in total. The first-order chi connectivity index (χ1) is 20.0. The monoisotopic (exact) mass is 554 g/mol. The predicted molar refractivity (Wildman–Crippen MR) is 154 cm³/mol. The summed E-state index contributed by atoms with van der Waals surface area (Å²) in [4.78, 5) is 30.8. The zero-order chi connectivity index (χ0) is 28.3. The molecule has 3 aliphatic rings. The molecule has 3 aliphatic heterocycles. The highest BCUT2D eigenvalue weighted by Gasteiger charge is 2.46. The van der Waals surface area contributed by atoms with Gasteiger partial charge >= 0.3 is 0 Å². The molecule has 2 saturated heterocycles. The van der Waals surface area contributed by atoms with Crippen molar-refractivity contribution in [1.82, 2.24) is 9.80 Å². The summed E-state index contributed by atoms with van der Waals surface area (Å²) in [6, 6.07) is 22.0. The molecule has 0 radical (unpaired) electrons. The van der Waals surface area contributed by atoms with E-state index in [4.69, 9.17) is 14.2 Å². The third-order valence-corrected chi connectivity index (χ3v) is 7.89. The molecule has 8 nitrogen and oxygen atoms in total. The maximum Gasteiger partial charge on any atom is 0.295 e. The van der Waals surface area contributed by atoms with Gasteiger partial charge in [0.25, 0.3) is 11.7 Å². The molecule has 0 bridgehead atoms. The van der Waals surface area contributed by atoms with Crippen molar-refractivity contribution >= 4 is 17.4 Å². The van der Waals surface area contributed by atoms with Crippen molar-refractivity contribution in [2.45, 2.75) is 32.1 Å². The number of ether oxygens (including phenoxy) is 3. The summed E-state index contributed by atoms with van der Waals surface area (Å²) < 4.78 is 17.4. The molecule has 41 heavy (non-hydrogen) atoms. The highest BCUT2D eigenvalue weighted by molar-refractivity contribution is 6.46. The van der Waals surface area contributed by atoms with Gasteiger partial charge in [-0.2, -0.15) is 0 Å². The third-order valence-electron chi connectivity index (χ3n) is 7.89. The quantitative estimate of drug-likeness (QED) is 0.252. The summed E-state index contributed by atoms with van der Waals surface area (Å²) in [5.41, 5.74) is 3.29. The maximum absolute atomic E-state index is 13.5. The zero-order valence-corrected chi connectivity index (χ0v) is 23.1. The molecule has 3 aromatic rings. The summed E-state index contributed by atoms with van der Waals surface area (Å²) in [5.74, 6) is -0.0810. The Bertz CT molecular complexity index is 1460. The normalized spacial score (nSPS) is 22.0. The van der Waals surface area contributed by atoms with Gasteiger partial charge in [-0.1, -0.05) is 42.5 Å². The SMILES string of the molecule is C[C@H]1Cc2cc(/C(O)=C3\C(=O)C(=O)N(CCN4CCOCC4)[C@H]3c3cccc(OCc4ccccc4)c3)ccc2O1. The molecule has 3 heterocycles. The molecule has 2 fully saturated rings. The lowest BCUT2D eigenvalue weighted by Crippen LogP contribution is -2.42. The van der Waals surface area contributed by atoms with Crippen molar-refractivity contribution in [3.8, 4) is 11.5 Å². The molecule has 8 heteroatoms. The van der Waals surface area contributed by atoms with Crippen LogP contribution < -0.4 is 9.47 Å². The highest BCUT2D eigenvalue weighted by Crippen LogP contribution is 2.41. The minimum absolute atomic E-state index is 0.0480. The Morgan fingerprint density at radius 2 is 1.78 bits per heavy atom. The molecule has 1 amide bonds. The molecule has 0 spiro atoms. The van der Waals surface area contributed by atoms with Gasteiger partial charge in [-0.05, 0) is 53.9 Å². The number of ketones is 1. The smallest absolute Gasteiger partial charge is 0.295 e. The van der Waals surface area contributed by atoms with E-state index in [1.807, 2.05) is 73.7 Å². The van der Waals surface area contributed by atoms with E-state index >= 15 is 0 Å². The first-order valence-electron chi connectivity index (χ1n) is 14.1. The van der Waals surface area contributed by atoms with Crippen molar-refractivity contribution in [3.63, 3.8) is 0 Å². The van der Waals surface area contributed by atoms with Gasteiger partial charge in [0.05, 0.1) is 24.8 Å². The Kier molecular flexibility index (Phi) is 7.76. The van der Waals surface area contributed by atoms with Crippen LogP contribution in [0.1, 0.15) is 35.2 Å². The van der Waals surface area contributed by atoms with Crippen LogP contribution in [0.25, 0.3) is 5.76 Å². The Morgan fingerprint density at radius 1 is 0.976 bits per heavy atom. The molecule has 0 unspecified atom stereocenters. The number of aliphatic hydroxyl groups is 1. The number of likely N-dealkylation sites (tertiary alicyclic amines) is 1. The van der Waals surface area contributed by atoms with Crippen LogP contribution in [0, 0.1) is 0 Å². The van der Waals surface area contributed by atoms with Crippen LogP contribution in [0.3, 0.4) is 0 Å². The van der Waals surface area contributed by atoms with Crippen LogP contribution >= 0.6 is 0 Å². The number of amides is 1. The fraction of sp³-hybridized carbons (Fsp3) is 0.333. The topological polar surface area (TPSA) is 88.5 Å². The number of fused-ring (bicyclic) bond motifs is 1. The van der Waals surface area contributed by atoms with E-state index in [0.29, 0.717) is 56.2 Å². The number of carbonyl (C=O) groups is 2. The summed E-state index contributed by atoms with van der Waals surface area (Å²) in [7, 11) is 0. The first kappa shape index (κ1) is 27.1.